The maximum atomic E-state index is 12.7. The summed E-state index contributed by atoms with van der Waals surface area (Å²) in [6, 6.07) is 15.4. The normalized spacial score (nSPS) is 13.1. The van der Waals surface area contributed by atoms with Gasteiger partial charge >= 0.3 is 0 Å². The van der Waals surface area contributed by atoms with Crippen LogP contribution in [0.3, 0.4) is 0 Å². The predicted molar refractivity (Wildman–Crippen MR) is 106 cm³/mol. The molecule has 1 N–H and O–H groups in total. The Kier molecular flexibility index (Phi) is 7.66. The van der Waals surface area contributed by atoms with Gasteiger partial charge in [-0.2, -0.15) is 0 Å². The molecule has 134 valence electrons. The van der Waals surface area contributed by atoms with Crippen LogP contribution in [0.15, 0.2) is 53.4 Å². The van der Waals surface area contributed by atoms with Gasteiger partial charge in [0.15, 0.2) is 0 Å². The highest BCUT2D eigenvalue weighted by Crippen LogP contribution is 2.28. The number of amides is 1. The van der Waals surface area contributed by atoms with Crippen molar-refractivity contribution in [2.24, 2.45) is 0 Å². The van der Waals surface area contributed by atoms with E-state index in [2.05, 4.69) is 12.2 Å². The molecule has 0 aliphatic rings. The molecule has 2 aromatic rings. The van der Waals surface area contributed by atoms with E-state index in [1.807, 2.05) is 55.5 Å². The molecule has 0 radical (unpaired) electrons. The van der Waals surface area contributed by atoms with Gasteiger partial charge in [-0.3, -0.25) is 4.79 Å². The van der Waals surface area contributed by atoms with Crippen LogP contribution in [-0.4, -0.2) is 18.3 Å². The van der Waals surface area contributed by atoms with E-state index in [0.29, 0.717) is 5.02 Å². The van der Waals surface area contributed by atoms with Crippen LogP contribution >= 0.6 is 23.4 Å². The van der Waals surface area contributed by atoms with E-state index >= 15 is 0 Å². The van der Waals surface area contributed by atoms with Gasteiger partial charge in [-0.05, 0) is 54.8 Å². The van der Waals surface area contributed by atoms with Crippen molar-refractivity contribution in [3.8, 4) is 5.75 Å². The Morgan fingerprint density at radius 1 is 1.08 bits per heavy atom. The van der Waals surface area contributed by atoms with Gasteiger partial charge in [-0.25, -0.2) is 0 Å². The number of carbonyl (C=O) groups is 1. The zero-order valence-corrected chi connectivity index (χ0v) is 16.4. The minimum atomic E-state index is -0.131. The Morgan fingerprint density at radius 2 is 1.72 bits per heavy atom. The average molecular weight is 378 g/mol. The summed E-state index contributed by atoms with van der Waals surface area (Å²) in [7, 11) is 1.65. The summed E-state index contributed by atoms with van der Waals surface area (Å²) in [5.41, 5.74) is 1.09. The van der Waals surface area contributed by atoms with Gasteiger partial charge in [-0.15, -0.1) is 11.8 Å². The Labute approximate surface area is 159 Å². The second-order valence-corrected chi connectivity index (χ2v) is 7.42. The summed E-state index contributed by atoms with van der Waals surface area (Å²) in [6.45, 7) is 4.10. The van der Waals surface area contributed by atoms with Crippen LogP contribution < -0.4 is 10.1 Å². The van der Waals surface area contributed by atoms with Gasteiger partial charge < -0.3 is 10.1 Å². The van der Waals surface area contributed by atoms with Crippen LogP contribution in [0, 0.1) is 0 Å². The van der Waals surface area contributed by atoms with Crippen molar-refractivity contribution in [3.05, 3.63) is 59.1 Å². The number of halogens is 1. The number of benzene rings is 2. The lowest BCUT2D eigenvalue weighted by atomic mass is 10.0. The fraction of sp³-hybridized carbons (Fsp3) is 0.350. The summed E-state index contributed by atoms with van der Waals surface area (Å²) < 4.78 is 5.19. The molecular formula is C20H24ClNO2S. The molecule has 0 aliphatic carbocycles. The molecule has 0 heterocycles. The molecule has 1 amide bonds. The van der Waals surface area contributed by atoms with E-state index < -0.39 is 0 Å². The molecule has 0 saturated heterocycles. The summed E-state index contributed by atoms with van der Waals surface area (Å²) >= 11 is 7.49. The Balaban J connectivity index is 2.03. The lowest BCUT2D eigenvalue weighted by molar-refractivity contribution is -0.121. The molecule has 0 bridgehead atoms. The van der Waals surface area contributed by atoms with E-state index in [9.17, 15) is 4.79 Å². The first-order chi connectivity index (χ1) is 12.1. The first kappa shape index (κ1) is 19.7. The number of nitrogens with one attached hydrogen (secondary N) is 1. The second-order valence-electron chi connectivity index (χ2n) is 5.71. The Bertz CT molecular complexity index is 673. The van der Waals surface area contributed by atoms with Crippen LogP contribution in [0.2, 0.25) is 5.02 Å². The molecule has 2 atom stereocenters. The lowest BCUT2D eigenvalue weighted by Gasteiger charge is -2.21. The third-order valence-corrected chi connectivity index (χ3v) is 5.63. The first-order valence-corrected chi connectivity index (χ1v) is 9.69. The Hall–Kier alpha value is -1.65. The number of hydrogen-bond acceptors (Lipinski definition) is 3. The average Bonchev–Trinajstić information content (AvgIpc) is 2.65. The molecule has 25 heavy (non-hydrogen) atoms. The topological polar surface area (TPSA) is 38.3 Å². The van der Waals surface area contributed by atoms with Gasteiger partial charge in [0, 0.05) is 9.92 Å². The van der Waals surface area contributed by atoms with E-state index in [1.54, 1.807) is 18.9 Å². The van der Waals surface area contributed by atoms with Crippen LogP contribution in [-0.2, 0) is 4.79 Å². The van der Waals surface area contributed by atoms with Crippen molar-refractivity contribution in [1.29, 1.82) is 0 Å². The maximum Gasteiger partial charge on any atom is 0.233 e. The third kappa shape index (κ3) is 5.68. The third-order valence-electron chi connectivity index (χ3n) is 4.00. The number of hydrogen-bond donors (Lipinski definition) is 1. The second kappa shape index (κ2) is 9.73. The van der Waals surface area contributed by atoms with E-state index in [4.69, 9.17) is 16.3 Å². The van der Waals surface area contributed by atoms with Crippen molar-refractivity contribution < 1.29 is 9.53 Å². The minimum absolute atomic E-state index is 0.00160. The van der Waals surface area contributed by atoms with Crippen LogP contribution in [0.25, 0.3) is 0 Å². The molecule has 5 heteroatoms. The zero-order valence-electron chi connectivity index (χ0n) is 14.8. The van der Waals surface area contributed by atoms with Gasteiger partial charge in [0.25, 0.3) is 0 Å². The highest BCUT2D eigenvalue weighted by atomic mass is 35.5. The van der Waals surface area contributed by atoms with Gasteiger partial charge in [0.2, 0.25) is 5.91 Å². The molecule has 0 saturated carbocycles. The van der Waals surface area contributed by atoms with E-state index in [0.717, 1.165) is 29.1 Å². The largest absolute Gasteiger partial charge is 0.497 e. The van der Waals surface area contributed by atoms with Crippen LogP contribution in [0.1, 0.15) is 38.3 Å². The molecule has 0 aromatic heterocycles. The molecule has 0 fully saturated rings. The predicted octanol–water partition coefficient (Wildman–Crippen LogP) is 5.49. The van der Waals surface area contributed by atoms with Gasteiger partial charge in [0.05, 0.1) is 18.4 Å². The number of thioether (sulfide) groups is 1. The Morgan fingerprint density at radius 3 is 2.24 bits per heavy atom. The number of carbonyl (C=O) groups excluding carboxylic acids is 1. The standard InChI is InChI=1S/C20H24ClNO2S/c1-4-18(14-6-10-16(24-3)11-7-14)22-20(23)19(5-2)25-17-12-8-15(21)9-13-17/h6-13,18-19H,4-5H2,1-3H3,(H,22,23)/t18-,19+/m1/s1. The van der Waals surface area contributed by atoms with Crippen LogP contribution in [0.4, 0.5) is 0 Å². The molecule has 2 aromatic carbocycles. The first-order valence-electron chi connectivity index (χ1n) is 8.43. The van der Waals surface area contributed by atoms with Crippen molar-refractivity contribution in [3.63, 3.8) is 0 Å². The molecule has 2 rings (SSSR count). The smallest absolute Gasteiger partial charge is 0.233 e. The summed E-state index contributed by atoms with van der Waals surface area (Å²) in [5, 5.41) is 3.75. The van der Waals surface area contributed by atoms with Crippen molar-refractivity contribution in [2.45, 2.75) is 42.9 Å². The minimum Gasteiger partial charge on any atom is -0.497 e. The maximum absolute atomic E-state index is 12.7. The molecule has 3 nitrogen and oxygen atoms in total. The molecule has 0 unspecified atom stereocenters. The SMILES string of the molecule is CC[C@H](Sc1ccc(Cl)cc1)C(=O)N[C@H](CC)c1ccc(OC)cc1. The molecular weight excluding hydrogens is 354 g/mol. The van der Waals surface area contributed by atoms with Crippen molar-refractivity contribution in [1.82, 2.24) is 5.32 Å². The van der Waals surface area contributed by atoms with Gasteiger partial charge in [-0.1, -0.05) is 37.6 Å². The summed E-state index contributed by atoms with van der Waals surface area (Å²) in [5.74, 6) is 0.875. The highest BCUT2D eigenvalue weighted by Gasteiger charge is 2.21. The quantitative estimate of drug-likeness (QED) is 0.618. The lowest BCUT2D eigenvalue weighted by Crippen LogP contribution is -2.35. The van der Waals surface area contributed by atoms with Crippen molar-refractivity contribution >= 4 is 29.3 Å². The molecule has 0 aliphatic heterocycles. The van der Waals surface area contributed by atoms with E-state index in [-0.39, 0.29) is 17.2 Å². The number of rotatable bonds is 8. The fourth-order valence-electron chi connectivity index (χ4n) is 2.52. The van der Waals surface area contributed by atoms with E-state index in [1.165, 1.54) is 0 Å². The zero-order chi connectivity index (χ0) is 18.2. The molecule has 0 spiro atoms. The summed E-state index contributed by atoms with van der Waals surface area (Å²) in [4.78, 5) is 13.8. The number of methoxy groups -OCH3 is 1. The highest BCUT2D eigenvalue weighted by molar-refractivity contribution is 8.00. The monoisotopic (exact) mass is 377 g/mol. The van der Waals surface area contributed by atoms with Gasteiger partial charge in [0.1, 0.15) is 5.75 Å². The summed E-state index contributed by atoms with van der Waals surface area (Å²) in [6.07, 6.45) is 1.60. The number of ether oxygens (including phenoxy) is 1. The van der Waals surface area contributed by atoms with Crippen molar-refractivity contribution in [2.75, 3.05) is 7.11 Å². The fourth-order valence-corrected chi connectivity index (χ4v) is 3.61. The van der Waals surface area contributed by atoms with Crippen LogP contribution in [0.5, 0.6) is 5.75 Å².